The largest absolute Gasteiger partial charge is 0.495 e. The molecule has 7 nitrogen and oxygen atoms in total. The molecule has 0 amide bonds. The van der Waals surface area contributed by atoms with E-state index in [0.29, 0.717) is 36.5 Å². The number of nitrogens with zero attached hydrogens (tertiary/aromatic N) is 1. The first kappa shape index (κ1) is 18.5. The highest BCUT2D eigenvalue weighted by Gasteiger charge is 2.22. The number of rotatable bonds is 7. The van der Waals surface area contributed by atoms with Gasteiger partial charge in [-0.3, -0.25) is 4.90 Å². The molecule has 1 fully saturated rings. The summed E-state index contributed by atoms with van der Waals surface area (Å²) in [5.74, 6) is 0.748. The average molecular weight is 409 g/mol. The second-order valence-electron chi connectivity index (χ2n) is 4.99. The first-order valence-corrected chi connectivity index (χ1v) is 9.47. The zero-order chi connectivity index (χ0) is 16.9. The molecule has 2 rings (SSSR count). The minimum absolute atomic E-state index is 0.0784. The fourth-order valence-electron chi connectivity index (χ4n) is 2.28. The number of hydrogen-bond donors (Lipinski definition) is 1. The Morgan fingerprint density at radius 3 is 2.48 bits per heavy atom. The Labute approximate surface area is 145 Å². The van der Waals surface area contributed by atoms with E-state index in [-0.39, 0.29) is 10.6 Å². The van der Waals surface area contributed by atoms with Crippen LogP contribution in [0.5, 0.6) is 11.5 Å². The second-order valence-corrected chi connectivity index (χ2v) is 7.58. The molecule has 0 radical (unpaired) electrons. The van der Waals surface area contributed by atoms with Gasteiger partial charge in [-0.2, -0.15) is 0 Å². The summed E-state index contributed by atoms with van der Waals surface area (Å²) in [5.41, 5.74) is 0. The molecule has 23 heavy (non-hydrogen) atoms. The van der Waals surface area contributed by atoms with E-state index < -0.39 is 10.0 Å². The van der Waals surface area contributed by atoms with Crippen molar-refractivity contribution in [1.29, 1.82) is 0 Å². The van der Waals surface area contributed by atoms with Crippen LogP contribution in [0.4, 0.5) is 0 Å². The van der Waals surface area contributed by atoms with Crippen LogP contribution in [0, 0.1) is 0 Å². The van der Waals surface area contributed by atoms with Crippen molar-refractivity contribution >= 4 is 26.0 Å². The molecule has 1 aliphatic heterocycles. The number of nitrogens with one attached hydrogen (secondary N) is 1. The molecule has 0 atom stereocenters. The number of methoxy groups -OCH3 is 2. The fraction of sp³-hybridized carbons (Fsp3) is 0.571. The van der Waals surface area contributed by atoms with E-state index in [1.807, 2.05) is 0 Å². The molecule has 0 spiro atoms. The molecule has 9 heteroatoms. The maximum Gasteiger partial charge on any atom is 0.244 e. The van der Waals surface area contributed by atoms with Crippen LogP contribution in [0.3, 0.4) is 0 Å². The van der Waals surface area contributed by atoms with Crippen molar-refractivity contribution in [1.82, 2.24) is 9.62 Å². The van der Waals surface area contributed by atoms with Crippen LogP contribution in [0.25, 0.3) is 0 Å². The highest BCUT2D eigenvalue weighted by Crippen LogP contribution is 2.35. The van der Waals surface area contributed by atoms with Crippen LogP contribution in [-0.2, 0) is 14.8 Å². The molecule has 0 saturated carbocycles. The topological polar surface area (TPSA) is 77.1 Å². The Morgan fingerprint density at radius 1 is 1.22 bits per heavy atom. The number of ether oxygens (including phenoxy) is 3. The Balaban J connectivity index is 2.07. The molecule has 0 unspecified atom stereocenters. The van der Waals surface area contributed by atoms with Gasteiger partial charge < -0.3 is 14.2 Å². The van der Waals surface area contributed by atoms with E-state index in [9.17, 15) is 8.42 Å². The van der Waals surface area contributed by atoms with Gasteiger partial charge in [-0.05, 0) is 22.0 Å². The molecule has 1 aromatic carbocycles. The molecule has 1 N–H and O–H groups in total. The average Bonchev–Trinajstić information content (AvgIpc) is 2.55. The zero-order valence-electron chi connectivity index (χ0n) is 13.2. The van der Waals surface area contributed by atoms with E-state index >= 15 is 0 Å². The normalized spacial score (nSPS) is 16.3. The molecule has 1 aromatic rings. The van der Waals surface area contributed by atoms with Gasteiger partial charge in [-0.15, -0.1) is 0 Å². The van der Waals surface area contributed by atoms with E-state index in [4.69, 9.17) is 14.2 Å². The van der Waals surface area contributed by atoms with Crippen LogP contribution in [-0.4, -0.2) is 66.9 Å². The third-order valence-electron chi connectivity index (χ3n) is 3.55. The summed E-state index contributed by atoms with van der Waals surface area (Å²) in [6.45, 7) is 3.98. The minimum atomic E-state index is -3.67. The van der Waals surface area contributed by atoms with Gasteiger partial charge in [0.25, 0.3) is 0 Å². The van der Waals surface area contributed by atoms with Crippen LogP contribution < -0.4 is 14.2 Å². The number of sulfonamides is 1. The molecule has 0 aliphatic carbocycles. The molecule has 0 bridgehead atoms. The van der Waals surface area contributed by atoms with E-state index in [1.54, 1.807) is 6.07 Å². The number of morpholine rings is 1. The first-order valence-electron chi connectivity index (χ1n) is 7.19. The Hall–Kier alpha value is -0.870. The van der Waals surface area contributed by atoms with Crippen LogP contribution in [0.15, 0.2) is 21.5 Å². The Kier molecular flexibility index (Phi) is 6.66. The van der Waals surface area contributed by atoms with Crippen molar-refractivity contribution < 1.29 is 22.6 Å². The third-order valence-corrected chi connectivity index (χ3v) is 5.65. The van der Waals surface area contributed by atoms with Gasteiger partial charge in [0.1, 0.15) is 16.4 Å². The van der Waals surface area contributed by atoms with Crippen molar-refractivity contribution in [2.24, 2.45) is 0 Å². The van der Waals surface area contributed by atoms with Crippen LogP contribution in [0.2, 0.25) is 0 Å². The maximum absolute atomic E-state index is 12.5. The summed E-state index contributed by atoms with van der Waals surface area (Å²) in [7, 11) is -0.736. The summed E-state index contributed by atoms with van der Waals surface area (Å²) < 4.78 is 43.8. The lowest BCUT2D eigenvalue weighted by Gasteiger charge is -2.26. The number of halogens is 1. The molecule has 130 valence electrons. The molecule has 1 aliphatic rings. The van der Waals surface area contributed by atoms with Gasteiger partial charge in [0, 0.05) is 32.2 Å². The van der Waals surface area contributed by atoms with Gasteiger partial charge in [0.15, 0.2) is 0 Å². The van der Waals surface area contributed by atoms with Crippen molar-refractivity contribution in [3.05, 3.63) is 16.6 Å². The molecule has 1 heterocycles. The maximum atomic E-state index is 12.5. The molecule has 1 saturated heterocycles. The fourth-order valence-corrected chi connectivity index (χ4v) is 4.14. The predicted octanol–water partition coefficient (Wildman–Crippen LogP) is 1.08. The van der Waals surface area contributed by atoms with Crippen LogP contribution in [0.1, 0.15) is 0 Å². The highest BCUT2D eigenvalue weighted by atomic mass is 79.9. The summed E-state index contributed by atoms with van der Waals surface area (Å²) in [6.07, 6.45) is 0. The van der Waals surface area contributed by atoms with Crippen molar-refractivity contribution in [3.63, 3.8) is 0 Å². The molecule has 0 aromatic heterocycles. The van der Waals surface area contributed by atoms with E-state index in [0.717, 1.165) is 13.1 Å². The predicted molar refractivity (Wildman–Crippen MR) is 89.7 cm³/mol. The molecular formula is C14H21BrN2O5S. The van der Waals surface area contributed by atoms with Gasteiger partial charge in [0.2, 0.25) is 10.0 Å². The minimum Gasteiger partial charge on any atom is -0.495 e. The van der Waals surface area contributed by atoms with Crippen molar-refractivity contribution in [2.45, 2.75) is 4.90 Å². The Morgan fingerprint density at radius 2 is 1.87 bits per heavy atom. The zero-order valence-corrected chi connectivity index (χ0v) is 15.6. The lowest BCUT2D eigenvalue weighted by molar-refractivity contribution is 0.0390. The van der Waals surface area contributed by atoms with Crippen LogP contribution >= 0.6 is 15.9 Å². The summed E-state index contributed by atoms with van der Waals surface area (Å²) in [5, 5.41) is 0. The second kappa shape index (κ2) is 8.29. The van der Waals surface area contributed by atoms with Gasteiger partial charge in [-0.25, -0.2) is 13.1 Å². The van der Waals surface area contributed by atoms with Gasteiger partial charge in [0.05, 0.1) is 31.9 Å². The third kappa shape index (κ3) is 4.80. The number of hydrogen-bond acceptors (Lipinski definition) is 6. The standard InChI is InChI=1S/C14H21BrN2O5S/c1-20-12-10-13(21-2)14(9-11(12)15)23(18,19)16-3-4-17-5-7-22-8-6-17/h9-10,16H,3-8H2,1-2H3. The van der Waals surface area contributed by atoms with E-state index in [2.05, 4.69) is 25.6 Å². The smallest absolute Gasteiger partial charge is 0.244 e. The number of benzene rings is 1. The summed E-state index contributed by atoms with van der Waals surface area (Å²) >= 11 is 3.30. The first-order chi connectivity index (χ1) is 11.0. The van der Waals surface area contributed by atoms with E-state index in [1.165, 1.54) is 20.3 Å². The lowest BCUT2D eigenvalue weighted by atomic mass is 10.3. The van der Waals surface area contributed by atoms with Crippen molar-refractivity contribution in [2.75, 3.05) is 53.6 Å². The quantitative estimate of drug-likeness (QED) is 0.727. The van der Waals surface area contributed by atoms with Gasteiger partial charge >= 0.3 is 0 Å². The molecular weight excluding hydrogens is 388 g/mol. The van der Waals surface area contributed by atoms with Crippen molar-refractivity contribution in [3.8, 4) is 11.5 Å². The monoisotopic (exact) mass is 408 g/mol. The summed E-state index contributed by atoms with van der Waals surface area (Å²) in [6, 6.07) is 3.02. The highest BCUT2D eigenvalue weighted by molar-refractivity contribution is 9.10. The lowest BCUT2D eigenvalue weighted by Crippen LogP contribution is -2.41. The summed E-state index contributed by atoms with van der Waals surface area (Å²) in [4.78, 5) is 2.24. The van der Waals surface area contributed by atoms with Gasteiger partial charge in [-0.1, -0.05) is 0 Å². The Bertz CT molecular complexity index is 632. The SMILES string of the molecule is COc1cc(OC)c(S(=O)(=O)NCCN2CCOCC2)cc1Br.